The molecule has 0 radical (unpaired) electrons. The summed E-state index contributed by atoms with van der Waals surface area (Å²) in [6.45, 7) is 1.25. The predicted octanol–water partition coefficient (Wildman–Crippen LogP) is 2.55. The molecule has 0 aliphatic carbocycles. The molecule has 1 aromatic heterocycles. The number of hydrogen-bond acceptors (Lipinski definition) is 2. The Morgan fingerprint density at radius 1 is 1.31 bits per heavy atom. The van der Waals surface area contributed by atoms with E-state index >= 15 is 0 Å². The lowest BCUT2D eigenvalue weighted by molar-refractivity contribution is 0.354. The van der Waals surface area contributed by atoms with Crippen LogP contribution >= 0.6 is 0 Å². The smallest absolute Gasteiger partial charge is 0.382 e. The van der Waals surface area contributed by atoms with Crippen molar-refractivity contribution in [3.8, 4) is 0 Å². The highest BCUT2D eigenvalue weighted by Crippen LogP contribution is 2.23. The SMILES string of the molecule is Cc1c(F)cc2oc(F)nc2c1F. The van der Waals surface area contributed by atoms with Crippen molar-refractivity contribution in [2.24, 2.45) is 0 Å². The monoisotopic (exact) mass is 187 g/mol. The van der Waals surface area contributed by atoms with Crippen molar-refractivity contribution >= 4 is 11.1 Å². The molecule has 2 rings (SSSR count). The van der Waals surface area contributed by atoms with Gasteiger partial charge in [0.25, 0.3) is 0 Å². The van der Waals surface area contributed by atoms with Crippen LogP contribution in [0.4, 0.5) is 13.2 Å². The summed E-state index contributed by atoms with van der Waals surface area (Å²) < 4.78 is 42.7. The predicted molar refractivity (Wildman–Crippen MR) is 38.6 cm³/mol. The first-order valence-corrected chi connectivity index (χ1v) is 3.50. The standard InChI is InChI=1S/C8H4F3NO/c1-3-4(9)2-5-7(6(3)10)12-8(11)13-5/h2H,1H3. The van der Waals surface area contributed by atoms with Crippen LogP contribution in [0.3, 0.4) is 0 Å². The fraction of sp³-hybridized carbons (Fsp3) is 0.125. The molecule has 1 heterocycles. The molecule has 0 amide bonds. The highest BCUT2D eigenvalue weighted by atomic mass is 19.1. The average molecular weight is 187 g/mol. The number of nitrogens with zero attached hydrogens (tertiary/aromatic N) is 1. The van der Waals surface area contributed by atoms with Crippen molar-refractivity contribution in [1.82, 2.24) is 4.98 Å². The van der Waals surface area contributed by atoms with Gasteiger partial charge in [-0.25, -0.2) is 8.78 Å². The second-order valence-electron chi connectivity index (χ2n) is 2.61. The topological polar surface area (TPSA) is 26.0 Å². The molecule has 0 unspecified atom stereocenters. The molecule has 68 valence electrons. The Labute approximate surface area is 71.0 Å². The van der Waals surface area contributed by atoms with Gasteiger partial charge in [0.15, 0.2) is 11.4 Å². The van der Waals surface area contributed by atoms with E-state index in [2.05, 4.69) is 9.40 Å². The molecular formula is C8H4F3NO. The van der Waals surface area contributed by atoms with Gasteiger partial charge in [-0.3, -0.25) is 0 Å². The summed E-state index contributed by atoms with van der Waals surface area (Å²) in [6.07, 6.45) is -1.17. The molecule has 0 spiro atoms. The fourth-order valence-corrected chi connectivity index (χ4v) is 1.07. The van der Waals surface area contributed by atoms with Gasteiger partial charge in [-0.1, -0.05) is 0 Å². The third-order valence-corrected chi connectivity index (χ3v) is 1.78. The zero-order valence-corrected chi connectivity index (χ0v) is 6.57. The minimum Gasteiger partial charge on any atom is -0.415 e. The Balaban J connectivity index is 2.92. The van der Waals surface area contributed by atoms with Crippen molar-refractivity contribution < 1.29 is 17.6 Å². The van der Waals surface area contributed by atoms with Crippen LogP contribution in [0.25, 0.3) is 11.1 Å². The number of fused-ring (bicyclic) bond motifs is 1. The first kappa shape index (κ1) is 8.10. The van der Waals surface area contributed by atoms with E-state index in [1.165, 1.54) is 6.92 Å². The highest BCUT2D eigenvalue weighted by molar-refractivity contribution is 5.74. The number of oxazole rings is 1. The normalized spacial score (nSPS) is 11.1. The van der Waals surface area contributed by atoms with E-state index in [-0.39, 0.29) is 16.7 Å². The molecule has 0 fully saturated rings. The number of halogens is 3. The Hall–Kier alpha value is -1.52. The number of aromatic nitrogens is 1. The molecule has 0 aliphatic rings. The summed E-state index contributed by atoms with van der Waals surface area (Å²) in [5, 5.41) is 0. The van der Waals surface area contributed by atoms with Crippen LogP contribution in [0, 0.1) is 24.7 Å². The lowest BCUT2D eigenvalue weighted by Crippen LogP contribution is -1.89. The van der Waals surface area contributed by atoms with E-state index in [0.29, 0.717) is 0 Å². The molecule has 0 saturated heterocycles. The van der Waals surface area contributed by atoms with E-state index in [1.807, 2.05) is 0 Å². The third-order valence-electron chi connectivity index (χ3n) is 1.78. The summed E-state index contributed by atoms with van der Waals surface area (Å²) >= 11 is 0. The molecule has 0 N–H and O–H groups in total. The van der Waals surface area contributed by atoms with Gasteiger partial charge in [0.1, 0.15) is 11.3 Å². The van der Waals surface area contributed by atoms with Gasteiger partial charge in [0, 0.05) is 11.6 Å². The van der Waals surface area contributed by atoms with Gasteiger partial charge < -0.3 is 4.42 Å². The van der Waals surface area contributed by atoms with Gasteiger partial charge in [0.2, 0.25) is 0 Å². The van der Waals surface area contributed by atoms with Gasteiger partial charge in [-0.05, 0) is 6.92 Å². The van der Waals surface area contributed by atoms with Crippen molar-refractivity contribution in [3.05, 3.63) is 29.4 Å². The van der Waals surface area contributed by atoms with Crippen molar-refractivity contribution in [2.75, 3.05) is 0 Å². The van der Waals surface area contributed by atoms with Gasteiger partial charge in [0.05, 0.1) is 0 Å². The van der Waals surface area contributed by atoms with E-state index in [9.17, 15) is 13.2 Å². The summed E-state index contributed by atoms with van der Waals surface area (Å²) in [6, 6.07) is 0.907. The minimum atomic E-state index is -1.17. The maximum Gasteiger partial charge on any atom is 0.382 e. The first-order chi connectivity index (χ1) is 6.09. The summed E-state index contributed by atoms with van der Waals surface area (Å²) in [4.78, 5) is 3.14. The van der Waals surface area contributed by atoms with E-state index in [1.54, 1.807) is 0 Å². The molecule has 0 bridgehead atoms. The second-order valence-corrected chi connectivity index (χ2v) is 2.61. The van der Waals surface area contributed by atoms with Crippen molar-refractivity contribution in [1.29, 1.82) is 0 Å². The van der Waals surface area contributed by atoms with Crippen molar-refractivity contribution in [3.63, 3.8) is 0 Å². The van der Waals surface area contributed by atoms with E-state index in [4.69, 9.17) is 0 Å². The van der Waals surface area contributed by atoms with Crippen molar-refractivity contribution in [2.45, 2.75) is 6.92 Å². The quantitative estimate of drug-likeness (QED) is 0.633. The lowest BCUT2D eigenvalue weighted by Gasteiger charge is -1.96. The number of rotatable bonds is 0. The third kappa shape index (κ3) is 1.07. The van der Waals surface area contributed by atoms with Gasteiger partial charge in [-0.2, -0.15) is 4.98 Å². The van der Waals surface area contributed by atoms with Crippen LogP contribution in [0.1, 0.15) is 5.56 Å². The largest absolute Gasteiger partial charge is 0.415 e. The van der Waals surface area contributed by atoms with Gasteiger partial charge in [-0.15, -0.1) is 4.39 Å². The fourth-order valence-electron chi connectivity index (χ4n) is 1.07. The van der Waals surface area contributed by atoms with Crippen LogP contribution in [0.5, 0.6) is 0 Å². The zero-order chi connectivity index (χ0) is 9.59. The van der Waals surface area contributed by atoms with E-state index < -0.39 is 17.8 Å². The summed E-state index contributed by atoms with van der Waals surface area (Å²) in [7, 11) is 0. The summed E-state index contributed by atoms with van der Waals surface area (Å²) in [5.74, 6) is -1.66. The maximum absolute atomic E-state index is 13.1. The van der Waals surface area contributed by atoms with Crippen LogP contribution in [-0.2, 0) is 0 Å². The molecule has 2 aromatic rings. The zero-order valence-electron chi connectivity index (χ0n) is 6.57. The average Bonchev–Trinajstić information content (AvgIpc) is 2.42. The molecule has 5 heteroatoms. The molecule has 2 nitrogen and oxygen atoms in total. The molecule has 1 aromatic carbocycles. The van der Waals surface area contributed by atoms with Crippen LogP contribution < -0.4 is 0 Å². The molecule has 0 atom stereocenters. The van der Waals surface area contributed by atoms with Crippen LogP contribution in [0.2, 0.25) is 0 Å². The summed E-state index contributed by atoms with van der Waals surface area (Å²) in [5.41, 5.74) is -0.699. The van der Waals surface area contributed by atoms with Crippen LogP contribution in [-0.4, -0.2) is 4.98 Å². The highest BCUT2D eigenvalue weighted by Gasteiger charge is 2.15. The minimum absolute atomic E-state index is 0.194. The Morgan fingerprint density at radius 2 is 2.00 bits per heavy atom. The lowest BCUT2D eigenvalue weighted by atomic mass is 10.2. The molecule has 0 saturated carbocycles. The van der Waals surface area contributed by atoms with Crippen LogP contribution in [0.15, 0.2) is 10.5 Å². The number of hydrogen-bond donors (Lipinski definition) is 0. The second kappa shape index (κ2) is 2.48. The molecule has 0 aliphatic heterocycles. The maximum atomic E-state index is 13.1. The van der Waals surface area contributed by atoms with E-state index in [0.717, 1.165) is 6.07 Å². The van der Waals surface area contributed by atoms with Gasteiger partial charge >= 0.3 is 6.14 Å². The first-order valence-electron chi connectivity index (χ1n) is 3.50. The number of benzene rings is 1. The Bertz CT molecular complexity index is 478. The Kier molecular flexibility index (Phi) is 1.55. The molecule has 13 heavy (non-hydrogen) atoms. The molecular weight excluding hydrogens is 183 g/mol. The Morgan fingerprint density at radius 3 is 2.69 bits per heavy atom.